The molecule has 8 heteroatoms. The number of amides is 1. The molecule has 2 aromatic rings. The SMILES string of the molecule is CC(=O)c1ccc(S(=O)(=O)N2CCC(C(=O)NCc3cccs3)CC2)cc1. The lowest BCUT2D eigenvalue weighted by molar-refractivity contribution is -0.126. The second-order valence-electron chi connectivity index (χ2n) is 6.56. The van der Waals surface area contributed by atoms with E-state index in [4.69, 9.17) is 0 Å². The molecule has 0 radical (unpaired) electrons. The van der Waals surface area contributed by atoms with Crippen molar-refractivity contribution in [3.8, 4) is 0 Å². The van der Waals surface area contributed by atoms with Crippen LogP contribution in [0.5, 0.6) is 0 Å². The van der Waals surface area contributed by atoms with E-state index in [0.717, 1.165) is 4.88 Å². The molecule has 0 spiro atoms. The minimum absolute atomic E-state index is 0.0220. The Hall–Kier alpha value is -2.03. The number of Topliss-reactive ketones (excluding diaryl/α,β-unsaturated/α-hetero) is 1. The first-order chi connectivity index (χ1) is 12.9. The van der Waals surface area contributed by atoms with Crippen LogP contribution in [0.2, 0.25) is 0 Å². The molecule has 1 aliphatic rings. The van der Waals surface area contributed by atoms with Crippen LogP contribution in [-0.2, 0) is 21.4 Å². The second-order valence-corrected chi connectivity index (χ2v) is 9.53. The molecular weight excluding hydrogens is 384 g/mol. The molecular formula is C19H22N2O4S2. The molecule has 1 saturated heterocycles. The Morgan fingerprint density at radius 3 is 2.37 bits per heavy atom. The zero-order chi connectivity index (χ0) is 19.4. The number of nitrogens with one attached hydrogen (secondary N) is 1. The Labute approximate surface area is 163 Å². The maximum Gasteiger partial charge on any atom is 0.243 e. The maximum atomic E-state index is 12.8. The molecule has 1 aromatic heterocycles. The van der Waals surface area contributed by atoms with Crippen molar-refractivity contribution in [3.63, 3.8) is 0 Å². The Kier molecular flexibility index (Phi) is 6.08. The van der Waals surface area contributed by atoms with Gasteiger partial charge >= 0.3 is 0 Å². The van der Waals surface area contributed by atoms with Crippen molar-refractivity contribution in [1.29, 1.82) is 0 Å². The molecule has 0 saturated carbocycles. The lowest BCUT2D eigenvalue weighted by Crippen LogP contribution is -2.42. The van der Waals surface area contributed by atoms with Crippen LogP contribution in [0.1, 0.15) is 35.0 Å². The van der Waals surface area contributed by atoms with Gasteiger partial charge in [-0.3, -0.25) is 9.59 Å². The number of hydrogen-bond acceptors (Lipinski definition) is 5. The van der Waals surface area contributed by atoms with E-state index < -0.39 is 10.0 Å². The predicted molar refractivity (Wildman–Crippen MR) is 104 cm³/mol. The fraction of sp³-hybridized carbons (Fsp3) is 0.368. The van der Waals surface area contributed by atoms with E-state index in [1.165, 1.54) is 35.5 Å². The number of nitrogens with zero attached hydrogens (tertiary/aromatic N) is 1. The summed E-state index contributed by atoms with van der Waals surface area (Å²) in [6, 6.07) is 9.90. The van der Waals surface area contributed by atoms with Crippen molar-refractivity contribution >= 4 is 33.1 Å². The van der Waals surface area contributed by atoms with Gasteiger partial charge in [0, 0.05) is 29.4 Å². The van der Waals surface area contributed by atoms with E-state index in [9.17, 15) is 18.0 Å². The van der Waals surface area contributed by atoms with Crippen LogP contribution in [-0.4, -0.2) is 37.5 Å². The topological polar surface area (TPSA) is 83.6 Å². The van der Waals surface area contributed by atoms with Gasteiger partial charge in [-0.1, -0.05) is 18.2 Å². The number of piperidine rings is 1. The Morgan fingerprint density at radius 1 is 1.15 bits per heavy atom. The average molecular weight is 407 g/mol. The van der Waals surface area contributed by atoms with E-state index in [0.29, 0.717) is 38.0 Å². The molecule has 2 heterocycles. The van der Waals surface area contributed by atoms with Crippen molar-refractivity contribution < 1.29 is 18.0 Å². The molecule has 3 rings (SSSR count). The number of hydrogen-bond donors (Lipinski definition) is 1. The van der Waals surface area contributed by atoms with Crippen molar-refractivity contribution in [2.24, 2.45) is 5.92 Å². The Balaban J connectivity index is 1.57. The average Bonchev–Trinajstić information content (AvgIpc) is 3.20. The van der Waals surface area contributed by atoms with Gasteiger partial charge in [-0.25, -0.2) is 8.42 Å². The van der Waals surface area contributed by atoms with Crippen LogP contribution < -0.4 is 5.32 Å². The summed E-state index contributed by atoms with van der Waals surface area (Å²) in [6.07, 6.45) is 1.00. The molecule has 1 amide bonds. The van der Waals surface area contributed by atoms with Crippen LogP contribution in [0.4, 0.5) is 0 Å². The van der Waals surface area contributed by atoms with Gasteiger partial charge in [-0.2, -0.15) is 4.31 Å². The van der Waals surface area contributed by atoms with E-state index in [-0.39, 0.29) is 22.5 Å². The minimum atomic E-state index is -3.61. The van der Waals surface area contributed by atoms with Gasteiger partial charge in [0.2, 0.25) is 15.9 Å². The number of thiophene rings is 1. The van der Waals surface area contributed by atoms with Crippen molar-refractivity contribution in [2.75, 3.05) is 13.1 Å². The van der Waals surface area contributed by atoms with Crippen LogP contribution in [0.15, 0.2) is 46.7 Å². The molecule has 27 heavy (non-hydrogen) atoms. The van der Waals surface area contributed by atoms with E-state index in [2.05, 4.69) is 5.32 Å². The number of sulfonamides is 1. The lowest BCUT2D eigenvalue weighted by atomic mass is 9.97. The first kappa shape index (κ1) is 19.7. The van der Waals surface area contributed by atoms with Gasteiger partial charge in [-0.15, -0.1) is 11.3 Å². The van der Waals surface area contributed by atoms with E-state index in [1.54, 1.807) is 11.3 Å². The number of carbonyl (C=O) groups excluding carboxylic acids is 2. The highest BCUT2D eigenvalue weighted by atomic mass is 32.2. The molecule has 0 unspecified atom stereocenters. The molecule has 1 aliphatic heterocycles. The number of benzene rings is 1. The van der Waals surface area contributed by atoms with Gasteiger partial charge in [-0.05, 0) is 43.3 Å². The lowest BCUT2D eigenvalue weighted by Gasteiger charge is -2.30. The van der Waals surface area contributed by atoms with Gasteiger partial charge in [0.15, 0.2) is 5.78 Å². The van der Waals surface area contributed by atoms with Crippen molar-refractivity contribution in [1.82, 2.24) is 9.62 Å². The Morgan fingerprint density at radius 2 is 1.81 bits per heavy atom. The summed E-state index contributed by atoms with van der Waals surface area (Å²) in [4.78, 5) is 24.9. The van der Waals surface area contributed by atoms with Gasteiger partial charge in [0.05, 0.1) is 11.4 Å². The monoisotopic (exact) mass is 406 g/mol. The van der Waals surface area contributed by atoms with E-state index >= 15 is 0 Å². The van der Waals surface area contributed by atoms with Gasteiger partial charge in [0.1, 0.15) is 0 Å². The van der Waals surface area contributed by atoms with Crippen LogP contribution in [0, 0.1) is 5.92 Å². The molecule has 1 fully saturated rings. The molecule has 0 atom stereocenters. The standard InChI is InChI=1S/C19H22N2O4S2/c1-14(22)15-4-6-18(7-5-15)27(24,25)21-10-8-16(9-11-21)19(23)20-13-17-3-2-12-26-17/h2-7,12,16H,8-11,13H2,1H3,(H,20,23). The highest BCUT2D eigenvalue weighted by Crippen LogP contribution is 2.24. The summed E-state index contributed by atoms with van der Waals surface area (Å²) in [6.45, 7) is 2.58. The first-order valence-corrected chi connectivity index (χ1v) is 11.1. The van der Waals surface area contributed by atoms with Crippen LogP contribution >= 0.6 is 11.3 Å². The number of ketones is 1. The fourth-order valence-electron chi connectivity index (χ4n) is 3.10. The molecule has 144 valence electrons. The van der Waals surface area contributed by atoms with Crippen molar-refractivity contribution in [3.05, 3.63) is 52.2 Å². The summed E-state index contributed by atoms with van der Waals surface area (Å²) < 4.78 is 27.0. The minimum Gasteiger partial charge on any atom is -0.351 e. The third kappa shape index (κ3) is 4.63. The number of rotatable bonds is 6. The summed E-state index contributed by atoms with van der Waals surface area (Å²) >= 11 is 1.59. The quantitative estimate of drug-likeness (QED) is 0.748. The predicted octanol–water partition coefficient (Wildman–Crippen LogP) is 2.67. The summed E-state index contributed by atoms with van der Waals surface area (Å²) in [5.41, 5.74) is 0.482. The van der Waals surface area contributed by atoms with Crippen molar-refractivity contribution in [2.45, 2.75) is 31.2 Å². The van der Waals surface area contributed by atoms with Crippen LogP contribution in [0.25, 0.3) is 0 Å². The van der Waals surface area contributed by atoms with Gasteiger partial charge < -0.3 is 5.32 Å². The van der Waals surface area contributed by atoms with E-state index in [1.807, 2.05) is 17.5 Å². The van der Waals surface area contributed by atoms with Gasteiger partial charge in [0.25, 0.3) is 0 Å². The maximum absolute atomic E-state index is 12.8. The molecule has 1 aromatic carbocycles. The molecule has 0 aliphatic carbocycles. The summed E-state index contributed by atoms with van der Waals surface area (Å²) in [7, 11) is -3.61. The normalized spacial score (nSPS) is 16.2. The molecule has 0 bridgehead atoms. The second kappa shape index (κ2) is 8.33. The summed E-state index contributed by atoms with van der Waals surface area (Å²) in [5.74, 6) is -0.295. The zero-order valence-corrected chi connectivity index (χ0v) is 16.7. The highest BCUT2D eigenvalue weighted by molar-refractivity contribution is 7.89. The zero-order valence-electron chi connectivity index (χ0n) is 15.1. The fourth-order valence-corrected chi connectivity index (χ4v) is 5.22. The summed E-state index contributed by atoms with van der Waals surface area (Å²) in [5, 5.41) is 4.89. The molecule has 1 N–H and O–H groups in total. The van der Waals surface area contributed by atoms with Crippen LogP contribution in [0.3, 0.4) is 0 Å². The number of carbonyl (C=O) groups is 2. The Bertz CT molecular complexity index is 898. The smallest absolute Gasteiger partial charge is 0.243 e. The third-order valence-corrected chi connectivity index (χ3v) is 7.53. The third-order valence-electron chi connectivity index (χ3n) is 4.74. The first-order valence-electron chi connectivity index (χ1n) is 8.79. The largest absolute Gasteiger partial charge is 0.351 e. The molecule has 6 nitrogen and oxygen atoms in total. The highest BCUT2D eigenvalue weighted by Gasteiger charge is 2.32.